The van der Waals surface area contributed by atoms with Gasteiger partial charge in [0.15, 0.2) is 0 Å². The lowest BCUT2D eigenvalue weighted by Gasteiger charge is -2.38. The average Bonchev–Trinajstić information content (AvgIpc) is 3.62. The molecule has 4 aromatic rings. The minimum absolute atomic E-state index is 0.105. The Morgan fingerprint density at radius 3 is 1.40 bits per heavy atom. The summed E-state index contributed by atoms with van der Waals surface area (Å²) in [4.78, 5) is 77.9. The number of hydrogen-bond donors (Lipinski definition) is 3. The molecule has 0 aliphatic carbocycles. The molecule has 57 heavy (non-hydrogen) atoms. The van der Waals surface area contributed by atoms with Gasteiger partial charge in [-0.15, -0.1) is 0 Å². The van der Waals surface area contributed by atoms with Crippen LogP contribution in [0.2, 0.25) is 20.1 Å². The molecule has 16 heteroatoms. The van der Waals surface area contributed by atoms with Crippen molar-refractivity contribution in [1.29, 1.82) is 0 Å². The van der Waals surface area contributed by atoms with E-state index in [0.29, 0.717) is 101 Å². The van der Waals surface area contributed by atoms with Gasteiger partial charge in [0.05, 0.1) is 50.2 Å². The van der Waals surface area contributed by atoms with Crippen LogP contribution in [0, 0.1) is 0 Å². The van der Waals surface area contributed by atoms with E-state index in [2.05, 4.69) is 10.6 Å². The van der Waals surface area contributed by atoms with Gasteiger partial charge in [-0.05, 0) is 110 Å². The fraction of sp³-hybridized carbons (Fsp3) is 0.268. The summed E-state index contributed by atoms with van der Waals surface area (Å²) in [6, 6.07) is 19.2. The van der Waals surface area contributed by atoms with Crippen molar-refractivity contribution >= 4 is 93.3 Å². The number of benzene rings is 4. The maximum absolute atomic E-state index is 12.9. The van der Waals surface area contributed by atoms with Crippen molar-refractivity contribution in [2.45, 2.75) is 36.5 Å². The minimum Gasteiger partial charge on any atom is -0.478 e. The molecule has 4 aliphatic rings. The first-order chi connectivity index (χ1) is 27.2. The molecule has 4 heterocycles. The summed E-state index contributed by atoms with van der Waals surface area (Å²) in [6.45, 7) is 1.52. The van der Waals surface area contributed by atoms with E-state index in [-0.39, 0.29) is 34.2 Å². The number of aromatic carboxylic acids is 1. The Kier molecular flexibility index (Phi) is 11.0. The number of carbonyl (C=O) groups excluding carboxylic acids is 5. The first-order valence-electron chi connectivity index (χ1n) is 17.9. The van der Waals surface area contributed by atoms with Crippen LogP contribution >= 0.6 is 46.4 Å². The second kappa shape index (κ2) is 15.7. The number of piperidine rings is 2. The van der Waals surface area contributed by atoms with Crippen LogP contribution in [0.5, 0.6) is 0 Å². The molecule has 12 nitrogen and oxygen atoms in total. The van der Waals surface area contributed by atoms with Gasteiger partial charge in [-0.25, -0.2) is 9.59 Å². The van der Waals surface area contributed by atoms with E-state index in [1.165, 1.54) is 25.3 Å². The quantitative estimate of drug-likeness (QED) is 0.176. The van der Waals surface area contributed by atoms with E-state index in [9.17, 15) is 33.9 Å². The normalized spacial score (nSPS) is 17.2. The van der Waals surface area contributed by atoms with Gasteiger partial charge >= 0.3 is 11.9 Å². The van der Waals surface area contributed by atoms with Crippen molar-refractivity contribution in [3.63, 3.8) is 0 Å². The minimum atomic E-state index is -1.04. The summed E-state index contributed by atoms with van der Waals surface area (Å²) in [5.41, 5.74) is 2.51. The van der Waals surface area contributed by atoms with Crippen molar-refractivity contribution in [1.82, 2.24) is 9.80 Å². The van der Waals surface area contributed by atoms with Crippen molar-refractivity contribution in [3.05, 3.63) is 126 Å². The Labute approximate surface area is 346 Å². The summed E-state index contributed by atoms with van der Waals surface area (Å²) < 4.78 is 4.80. The zero-order chi connectivity index (χ0) is 40.8. The number of ether oxygens (including phenoxy) is 1. The van der Waals surface area contributed by atoms with E-state index in [1.807, 2.05) is 0 Å². The SMILES string of the molecule is COC(=O)c1ccc2c(c1)C1(CCN(C(=O)c3ccc(Cl)cc3Cl)CC1)C(=O)N2.O=C(O)c1ccc2c(c1)C1(CCN(C(=O)c3ccc(Cl)cc3Cl)CC1)C(=O)N2. The maximum Gasteiger partial charge on any atom is 0.337 e. The number of halogens is 4. The van der Waals surface area contributed by atoms with E-state index < -0.39 is 22.8 Å². The van der Waals surface area contributed by atoms with Crippen LogP contribution < -0.4 is 10.6 Å². The highest BCUT2D eigenvalue weighted by molar-refractivity contribution is 6.37. The van der Waals surface area contributed by atoms with Crippen LogP contribution in [0.25, 0.3) is 0 Å². The molecular weight excluding hydrogens is 818 g/mol. The van der Waals surface area contributed by atoms with E-state index in [4.69, 9.17) is 51.1 Å². The molecule has 2 saturated heterocycles. The summed E-state index contributed by atoms with van der Waals surface area (Å²) in [5.74, 6) is -2.15. The van der Waals surface area contributed by atoms with Gasteiger partial charge in [-0.3, -0.25) is 19.2 Å². The first kappa shape index (κ1) is 40.1. The molecule has 0 radical (unpaired) electrons. The average molecular weight is 853 g/mol. The van der Waals surface area contributed by atoms with Gasteiger partial charge in [0.25, 0.3) is 11.8 Å². The number of carboxylic acid groups (broad SMARTS) is 1. The second-order valence-corrected chi connectivity index (χ2v) is 15.9. The monoisotopic (exact) mass is 850 g/mol. The Bertz CT molecular complexity index is 2370. The fourth-order valence-corrected chi connectivity index (χ4v) is 9.03. The molecule has 4 amide bonds. The molecule has 0 atom stereocenters. The standard InChI is InChI=1S/C21H18Cl2N2O4.C20H16Cl2N2O4/c1-29-19(27)12-2-5-17-15(10-12)21(20(28)24-17)6-8-25(9-7-21)18(26)14-4-3-13(22)11-16(14)23;21-12-2-3-13(15(22)10-12)17(25)24-7-5-20(6-8-24)14-9-11(18(26)27)1-4-16(14)23-19(20)28/h2-5,10-11H,6-9H2,1H3,(H,24,28);1-4,9-10H,5-8H2,(H,23,28)(H,26,27). The van der Waals surface area contributed by atoms with Crippen molar-refractivity contribution in [2.75, 3.05) is 43.9 Å². The number of nitrogens with one attached hydrogen (secondary N) is 2. The van der Waals surface area contributed by atoms with Crippen LogP contribution in [0.15, 0.2) is 72.8 Å². The van der Waals surface area contributed by atoms with Crippen LogP contribution in [0.3, 0.4) is 0 Å². The number of esters is 1. The lowest BCUT2D eigenvalue weighted by atomic mass is 9.73. The van der Waals surface area contributed by atoms with Crippen LogP contribution in [-0.2, 0) is 25.2 Å². The number of carboxylic acids is 1. The van der Waals surface area contributed by atoms with Crippen LogP contribution in [0.1, 0.15) is 78.2 Å². The Morgan fingerprint density at radius 1 is 0.614 bits per heavy atom. The summed E-state index contributed by atoms with van der Waals surface area (Å²) >= 11 is 24.1. The molecular formula is C41H34Cl4N4O8. The predicted octanol–water partition coefficient (Wildman–Crippen LogP) is 7.72. The van der Waals surface area contributed by atoms with Crippen LogP contribution in [-0.4, -0.2) is 83.8 Å². The van der Waals surface area contributed by atoms with Gasteiger partial charge in [0, 0.05) is 47.6 Å². The molecule has 4 aliphatic heterocycles. The lowest BCUT2D eigenvalue weighted by Crippen LogP contribution is -2.48. The number of fused-ring (bicyclic) bond motifs is 4. The van der Waals surface area contributed by atoms with Gasteiger partial charge in [0.1, 0.15) is 0 Å². The Balaban J connectivity index is 0.000000174. The van der Waals surface area contributed by atoms with Crippen molar-refractivity contribution in [3.8, 4) is 0 Å². The van der Waals surface area contributed by atoms with Gasteiger partial charge in [0.2, 0.25) is 11.8 Å². The molecule has 3 N–H and O–H groups in total. The van der Waals surface area contributed by atoms with Crippen LogP contribution in [0.4, 0.5) is 11.4 Å². The van der Waals surface area contributed by atoms with E-state index in [0.717, 1.165) is 5.56 Å². The fourth-order valence-electron chi connectivity index (χ4n) is 8.05. The number of rotatable bonds is 4. The molecule has 294 valence electrons. The highest BCUT2D eigenvalue weighted by atomic mass is 35.5. The third-order valence-electron chi connectivity index (χ3n) is 11.2. The summed E-state index contributed by atoms with van der Waals surface area (Å²) in [5, 5.41) is 16.5. The van der Waals surface area contributed by atoms with Crippen molar-refractivity contribution in [2.24, 2.45) is 0 Å². The topological polar surface area (TPSA) is 162 Å². The number of hydrogen-bond acceptors (Lipinski definition) is 7. The zero-order valence-corrected chi connectivity index (χ0v) is 33.3. The third kappa shape index (κ3) is 7.31. The van der Waals surface area contributed by atoms with Gasteiger partial charge in [-0.1, -0.05) is 46.4 Å². The number of amides is 4. The molecule has 2 fully saturated rings. The van der Waals surface area contributed by atoms with E-state index >= 15 is 0 Å². The maximum atomic E-state index is 12.9. The van der Waals surface area contributed by atoms with Crippen molar-refractivity contribution < 1.29 is 38.6 Å². The first-order valence-corrected chi connectivity index (χ1v) is 19.4. The summed E-state index contributed by atoms with van der Waals surface area (Å²) in [7, 11) is 1.32. The highest BCUT2D eigenvalue weighted by Gasteiger charge is 2.50. The number of carbonyl (C=O) groups is 6. The molecule has 2 spiro atoms. The Morgan fingerprint density at radius 2 is 1.02 bits per heavy atom. The molecule has 0 saturated carbocycles. The van der Waals surface area contributed by atoms with Gasteiger partial charge in [-0.2, -0.15) is 0 Å². The number of likely N-dealkylation sites (tertiary alicyclic amines) is 2. The highest BCUT2D eigenvalue weighted by Crippen LogP contribution is 2.47. The zero-order valence-electron chi connectivity index (χ0n) is 30.3. The molecule has 0 bridgehead atoms. The molecule has 0 aromatic heterocycles. The second-order valence-electron chi connectivity index (χ2n) is 14.2. The summed E-state index contributed by atoms with van der Waals surface area (Å²) in [6.07, 6.45) is 1.72. The third-order valence-corrected chi connectivity index (χ3v) is 12.3. The number of methoxy groups -OCH3 is 1. The van der Waals surface area contributed by atoms with E-state index in [1.54, 1.807) is 64.4 Å². The smallest absolute Gasteiger partial charge is 0.337 e. The Hall–Kier alpha value is -5.14. The van der Waals surface area contributed by atoms with Gasteiger partial charge < -0.3 is 30.3 Å². The lowest BCUT2D eigenvalue weighted by molar-refractivity contribution is -0.123. The number of anilines is 2. The predicted molar refractivity (Wildman–Crippen MR) is 215 cm³/mol. The molecule has 8 rings (SSSR count). The number of nitrogens with zero attached hydrogens (tertiary/aromatic N) is 2. The molecule has 4 aromatic carbocycles. The largest absolute Gasteiger partial charge is 0.478 e. The molecule has 0 unspecified atom stereocenters.